The molecule has 0 spiro atoms. The molecule has 2 aromatic heterocycles. The Morgan fingerprint density at radius 1 is 1.21 bits per heavy atom. The SMILES string of the molecule is C/C(=C\c1ccccc1)CN1CCC(c2cc(=O)[nH]c(-c3cnccn3)n2)CC1. The standard InChI is InChI=1S/C23H25N5O/c1-17(13-18-5-3-2-4-6-18)16-28-11-7-19(8-12-28)20-14-22(29)27-23(26-20)21-15-24-9-10-25-21/h2-6,9-10,13-15,19H,7-8,11-12,16H2,1H3,(H,26,27,29)/b17-13+. The summed E-state index contributed by atoms with van der Waals surface area (Å²) >= 11 is 0. The lowest BCUT2D eigenvalue weighted by Gasteiger charge is -2.31. The number of likely N-dealkylation sites (tertiary alicyclic amines) is 1. The largest absolute Gasteiger partial charge is 0.305 e. The fourth-order valence-corrected chi connectivity index (χ4v) is 3.85. The van der Waals surface area contributed by atoms with E-state index in [4.69, 9.17) is 0 Å². The van der Waals surface area contributed by atoms with Gasteiger partial charge in [-0.05, 0) is 38.4 Å². The van der Waals surface area contributed by atoms with Crippen LogP contribution in [0.15, 0.2) is 65.4 Å². The second kappa shape index (κ2) is 8.92. The summed E-state index contributed by atoms with van der Waals surface area (Å²) in [6.45, 7) is 5.15. The van der Waals surface area contributed by atoms with Gasteiger partial charge >= 0.3 is 0 Å². The Kier molecular flexibility index (Phi) is 5.91. The monoisotopic (exact) mass is 387 g/mol. The van der Waals surface area contributed by atoms with Crippen molar-refractivity contribution in [3.8, 4) is 11.5 Å². The Morgan fingerprint density at radius 3 is 2.72 bits per heavy atom. The molecule has 0 saturated carbocycles. The van der Waals surface area contributed by atoms with E-state index in [-0.39, 0.29) is 5.56 Å². The van der Waals surface area contributed by atoms with Crippen molar-refractivity contribution < 1.29 is 0 Å². The van der Waals surface area contributed by atoms with Crippen molar-refractivity contribution in [1.82, 2.24) is 24.8 Å². The van der Waals surface area contributed by atoms with Crippen LogP contribution in [0.4, 0.5) is 0 Å². The van der Waals surface area contributed by atoms with E-state index >= 15 is 0 Å². The minimum absolute atomic E-state index is 0.139. The summed E-state index contributed by atoms with van der Waals surface area (Å²) in [6, 6.07) is 12.0. The summed E-state index contributed by atoms with van der Waals surface area (Å²) < 4.78 is 0. The van der Waals surface area contributed by atoms with Crippen molar-refractivity contribution in [2.75, 3.05) is 19.6 Å². The molecule has 0 aliphatic carbocycles. The zero-order valence-corrected chi connectivity index (χ0v) is 16.6. The van der Waals surface area contributed by atoms with Crippen molar-refractivity contribution >= 4 is 6.08 Å². The maximum Gasteiger partial charge on any atom is 0.251 e. The van der Waals surface area contributed by atoms with E-state index in [0.717, 1.165) is 38.2 Å². The van der Waals surface area contributed by atoms with Crippen LogP contribution in [0.5, 0.6) is 0 Å². The molecular weight excluding hydrogens is 362 g/mol. The molecule has 1 fully saturated rings. The Labute approximate surface area is 170 Å². The first-order valence-electron chi connectivity index (χ1n) is 9.99. The third-order valence-electron chi connectivity index (χ3n) is 5.26. The number of hydrogen-bond donors (Lipinski definition) is 1. The lowest BCUT2D eigenvalue weighted by Crippen LogP contribution is -2.34. The maximum atomic E-state index is 12.1. The molecule has 0 unspecified atom stereocenters. The number of aromatic nitrogens is 4. The van der Waals surface area contributed by atoms with E-state index in [1.54, 1.807) is 24.7 Å². The fraction of sp³-hybridized carbons (Fsp3) is 0.304. The summed E-state index contributed by atoms with van der Waals surface area (Å²) in [6.07, 6.45) is 9.06. The van der Waals surface area contributed by atoms with E-state index in [1.807, 2.05) is 6.07 Å². The van der Waals surface area contributed by atoms with Crippen molar-refractivity contribution in [2.24, 2.45) is 0 Å². The van der Waals surface area contributed by atoms with Gasteiger partial charge in [-0.2, -0.15) is 0 Å². The van der Waals surface area contributed by atoms with Crippen molar-refractivity contribution in [1.29, 1.82) is 0 Å². The van der Waals surface area contributed by atoms with Gasteiger partial charge in [-0.1, -0.05) is 42.0 Å². The molecule has 1 saturated heterocycles. The molecule has 4 rings (SSSR count). The van der Waals surface area contributed by atoms with E-state index in [0.29, 0.717) is 17.4 Å². The third kappa shape index (κ3) is 5.03. The molecule has 148 valence electrons. The van der Waals surface area contributed by atoms with Crippen LogP contribution in [0.25, 0.3) is 17.6 Å². The zero-order valence-electron chi connectivity index (χ0n) is 16.6. The molecular formula is C23H25N5O. The lowest BCUT2D eigenvalue weighted by molar-refractivity contribution is 0.227. The summed E-state index contributed by atoms with van der Waals surface area (Å²) in [5.74, 6) is 0.784. The van der Waals surface area contributed by atoms with Gasteiger partial charge in [0.1, 0.15) is 5.69 Å². The second-order valence-electron chi connectivity index (χ2n) is 7.56. The summed E-state index contributed by atoms with van der Waals surface area (Å²) in [4.78, 5) is 30.4. The molecule has 1 aliphatic rings. The normalized spacial score (nSPS) is 16.1. The van der Waals surface area contributed by atoms with Crippen molar-refractivity contribution in [3.63, 3.8) is 0 Å². The highest BCUT2D eigenvalue weighted by molar-refractivity contribution is 5.52. The third-order valence-corrected chi connectivity index (χ3v) is 5.26. The molecule has 3 heterocycles. The number of rotatable bonds is 5. The molecule has 3 aromatic rings. The summed E-state index contributed by atoms with van der Waals surface area (Å²) in [7, 11) is 0. The van der Waals surface area contributed by atoms with Crippen LogP contribution < -0.4 is 5.56 Å². The van der Waals surface area contributed by atoms with Crippen molar-refractivity contribution in [2.45, 2.75) is 25.7 Å². The Hall–Kier alpha value is -3.12. The van der Waals surface area contributed by atoms with Crippen LogP contribution >= 0.6 is 0 Å². The molecule has 6 nitrogen and oxygen atoms in total. The van der Waals surface area contributed by atoms with E-state index in [1.165, 1.54) is 11.1 Å². The number of benzene rings is 1. The van der Waals surface area contributed by atoms with E-state index in [9.17, 15) is 4.79 Å². The highest BCUT2D eigenvalue weighted by Crippen LogP contribution is 2.27. The summed E-state index contributed by atoms with van der Waals surface area (Å²) in [5, 5.41) is 0. The van der Waals surface area contributed by atoms with E-state index < -0.39 is 0 Å². The van der Waals surface area contributed by atoms with Gasteiger partial charge in [0, 0.05) is 30.9 Å². The highest BCUT2D eigenvalue weighted by Gasteiger charge is 2.22. The van der Waals surface area contributed by atoms with Crippen LogP contribution in [0.3, 0.4) is 0 Å². The van der Waals surface area contributed by atoms with Crippen LogP contribution in [0, 0.1) is 0 Å². The van der Waals surface area contributed by atoms with Gasteiger partial charge in [0.2, 0.25) is 0 Å². The second-order valence-corrected chi connectivity index (χ2v) is 7.56. The minimum atomic E-state index is -0.139. The fourth-order valence-electron chi connectivity index (χ4n) is 3.85. The Morgan fingerprint density at radius 2 is 2.00 bits per heavy atom. The maximum absolute atomic E-state index is 12.1. The average molecular weight is 387 g/mol. The molecule has 0 amide bonds. The van der Waals surface area contributed by atoms with Crippen LogP contribution in [0.2, 0.25) is 0 Å². The van der Waals surface area contributed by atoms with Gasteiger partial charge in [-0.25, -0.2) is 9.97 Å². The first kappa shape index (κ1) is 19.2. The van der Waals surface area contributed by atoms with Crippen LogP contribution in [-0.4, -0.2) is 44.5 Å². The van der Waals surface area contributed by atoms with Gasteiger partial charge in [-0.15, -0.1) is 0 Å². The zero-order chi connectivity index (χ0) is 20.1. The quantitative estimate of drug-likeness (QED) is 0.725. The lowest BCUT2D eigenvalue weighted by atomic mass is 9.93. The molecule has 1 aliphatic heterocycles. The average Bonchev–Trinajstić information content (AvgIpc) is 2.75. The van der Waals surface area contributed by atoms with Gasteiger partial charge < -0.3 is 4.98 Å². The number of piperidine rings is 1. The molecule has 0 bridgehead atoms. The number of hydrogen-bond acceptors (Lipinski definition) is 5. The topological polar surface area (TPSA) is 74.8 Å². The molecule has 29 heavy (non-hydrogen) atoms. The predicted molar refractivity (Wildman–Crippen MR) is 114 cm³/mol. The molecule has 1 aromatic carbocycles. The number of H-pyrrole nitrogens is 1. The molecule has 0 atom stereocenters. The van der Waals surface area contributed by atoms with E-state index in [2.05, 4.69) is 62.1 Å². The van der Waals surface area contributed by atoms with Crippen molar-refractivity contribution in [3.05, 3.63) is 82.2 Å². The molecule has 0 radical (unpaired) electrons. The van der Waals surface area contributed by atoms with Gasteiger partial charge in [0.25, 0.3) is 5.56 Å². The van der Waals surface area contributed by atoms with Crippen LogP contribution in [-0.2, 0) is 0 Å². The summed E-state index contributed by atoms with van der Waals surface area (Å²) in [5.41, 5.74) is 3.90. The number of nitrogens with zero attached hydrogens (tertiary/aromatic N) is 4. The number of aromatic amines is 1. The smallest absolute Gasteiger partial charge is 0.251 e. The first-order chi connectivity index (χ1) is 14.2. The van der Waals surface area contributed by atoms with Gasteiger partial charge in [0.05, 0.1) is 11.9 Å². The number of nitrogens with one attached hydrogen (secondary N) is 1. The molecule has 1 N–H and O–H groups in total. The molecule has 6 heteroatoms. The Balaban J connectivity index is 1.40. The van der Waals surface area contributed by atoms with Crippen LogP contribution in [0.1, 0.15) is 36.9 Å². The first-order valence-corrected chi connectivity index (χ1v) is 9.99. The van der Waals surface area contributed by atoms with Gasteiger partial charge in [-0.3, -0.25) is 14.7 Å². The highest BCUT2D eigenvalue weighted by atomic mass is 16.1. The predicted octanol–water partition coefficient (Wildman–Crippen LogP) is 3.51. The Bertz CT molecular complexity index is 1020. The minimum Gasteiger partial charge on any atom is -0.305 e. The van der Waals surface area contributed by atoms with Gasteiger partial charge in [0.15, 0.2) is 5.82 Å².